The molecule has 0 aliphatic rings. The number of aromatic amines is 1. The number of H-pyrrole nitrogens is 1. The van der Waals surface area contributed by atoms with Gasteiger partial charge < -0.3 is 19.7 Å². The second-order valence-electron chi connectivity index (χ2n) is 6.78. The lowest BCUT2D eigenvalue weighted by molar-refractivity contribution is 0.0775. The molecule has 0 bridgehead atoms. The minimum absolute atomic E-state index is 0.130. The van der Waals surface area contributed by atoms with Crippen molar-refractivity contribution in [3.05, 3.63) is 69.3 Å². The van der Waals surface area contributed by atoms with Gasteiger partial charge in [0.25, 0.3) is 11.5 Å². The lowest BCUT2D eigenvalue weighted by Crippen LogP contribution is -2.29. The highest BCUT2D eigenvalue weighted by atomic mass is 16.5. The fourth-order valence-corrected chi connectivity index (χ4v) is 2.82. The summed E-state index contributed by atoms with van der Waals surface area (Å²) in [6, 6.07) is 9.18. The fourth-order valence-electron chi connectivity index (χ4n) is 2.82. The van der Waals surface area contributed by atoms with Crippen molar-refractivity contribution < 1.29 is 14.6 Å². The van der Waals surface area contributed by atoms with E-state index in [4.69, 9.17) is 4.74 Å². The summed E-state index contributed by atoms with van der Waals surface area (Å²) >= 11 is 0. The molecule has 0 aliphatic carbocycles. The first-order chi connectivity index (χ1) is 13.8. The Hall–Kier alpha value is -3.68. The number of hydrogen-bond acceptors (Lipinski definition) is 6. The van der Waals surface area contributed by atoms with E-state index in [9.17, 15) is 14.7 Å². The molecule has 2 heterocycles. The predicted molar refractivity (Wildman–Crippen MR) is 108 cm³/mol. The van der Waals surface area contributed by atoms with Gasteiger partial charge in [-0.15, -0.1) is 0 Å². The highest BCUT2D eigenvalue weighted by Gasteiger charge is 2.22. The molecule has 0 radical (unpaired) electrons. The van der Waals surface area contributed by atoms with Gasteiger partial charge in [0.15, 0.2) is 5.69 Å². The van der Waals surface area contributed by atoms with Gasteiger partial charge in [0.05, 0.1) is 7.11 Å². The zero-order valence-electron chi connectivity index (χ0n) is 16.7. The van der Waals surface area contributed by atoms with E-state index in [0.717, 1.165) is 16.7 Å². The fraction of sp³-hybridized carbons (Fsp3) is 0.238. The number of ether oxygens (including phenoxy) is 1. The van der Waals surface area contributed by atoms with Crippen LogP contribution in [0.25, 0.3) is 11.4 Å². The van der Waals surface area contributed by atoms with Crippen LogP contribution in [-0.2, 0) is 6.54 Å². The number of nitrogens with one attached hydrogen (secondary N) is 1. The molecule has 1 amide bonds. The van der Waals surface area contributed by atoms with E-state index in [0.29, 0.717) is 18.0 Å². The highest BCUT2D eigenvalue weighted by Crippen LogP contribution is 2.20. The Morgan fingerprint density at radius 1 is 1.21 bits per heavy atom. The Balaban J connectivity index is 1.91. The summed E-state index contributed by atoms with van der Waals surface area (Å²) in [5.41, 5.74) is 2.59. The number of methoxy groups -OCH3 is 1. The minimum Gasteiger partial charge on any atom is -0.501 e. The Morgan fingerprint density at radius 3 is 2.59 bits per heavy atom. The Kier molecular flexibility index (Phi) is 5.63. The maximum absolute atomic E-state index is 12.9. The Labute approximate surface area is 167 Å². The van der Waals surface area contributed by atoms with Crippen molar-refractivity contribution >= 4 is 5.91 Å². The van der Waals surface area contributed by atoms with Crippen LogP contribution < -0.4 is 10.3 Å². The van der Waals surface area contributed by atoms with Crippen molar-refractivity contribution in [2.24, 2.45) is 0 Å². The van der Waals surface area contributed by atoms with Crippen LogP contribution >= 0.6 is 0 Å². The summed E-state index contributed by atoms with van der Waals surface area (Å²) in [4.78, 5) is 37.1. The smallest absolute Gasteiger partial charge is 0.294 e. The van der Waals surface area contributed by atoms with Crippen molar-refractivity contribution in [1.82, 2.24) is 19.9 Å². The molecule has 29 heavy (non-hydrogen) atoms. The molecule has 0 saturated carbocycles. The summed E-state index contributed by atoms with van der Waals surface area (Å²) < 4.78 is 5.01. The van der Waals surface area contributed by atoms with Gasteiger partial charge in [-0.25, -0.2) is 9.97 Å². The zero-order valence-corrected chi connectivity index (χ0v) is 16.7. The highest BCUT2D eigenvalue weighted by molar-refractivity contribution is 5.95. The molecule has 2 N–H and O–H groups in total. The molecule has 0 fully saturated rings. The summed E-state index contributed by atoms with van der Waals surface area (Å²) in [7, 11) is 3.08. The third-order valence-electron chi connectivity index (χ3n) is 4.65. The van der Waals surface area contributed by atoms with Gasteiger partial charge in [-0.05, 0) is 36.6 Å². The molecular formula is C21H22N4O4. The molecule has 2 aromatic heterocycles. The average molecular weight is 394 g/mol. The van der Waals surface area contributed by atoms with Gasteiger partial charge >= 0.3 is 0 Å². The molecule has 8 nitrogen and oxygen atoms in total. The van der Waals surface area contributed by atoms with Gasteiger partial charge in [-0.2, -0.15) is 0 Å². The van der Waals surface area contributed by atoms with Crippen LogP contribution in [0.3, 0.4) is 0 Å². The molecule has 0 atom stereocenters. The number of benzene rings is 1. The standard InChI is InChI=1S/C21H22N4O4/c1-12-5-6-14(9-13(12)2)11-25(3)21(28)17-18(26)20(27)24-19(23-17)15-7-8-16(29-4)22-10-15/h5-10,26H,11H2,1-4H3,(H,23,24,27). The van der Waals surface area contributed by atoms with Crippen LogP contribution in [0.5, 0.6) is 11.6 Å². The molecule has 0 saturated heterocycles. The summed E-state index contributed by atoms with van der Waals surface area (Å²) in [5.74, 6) is -0.744. The molecule has 3 aromatic rings. The molecule has 150 valence electrons. The van der Waals surface area contributed by atoms with Crippen LogP contribution in [0.15, 0.2) is 41.3 Å². The van der Waals surface area contributed by atoms with Crippen LogP contribution in [0.2, 0.25) is 0 Å². The maximum Gasteiger partial charge on any atom is 0.294 e. The third-order valence-corrected chi connectivity index (χ3v) is 4.65. The normalized spacial score (nSPS) is 10.6. The molecule has 8 heteroatoms. The van der Waals surface area contributed by atoms with E-state index in [1.165, 1.54) is 18.2 Å². The summed E-state index contributed by atoms with van der Waals surface area (Å²) in [6.45, 7) is 4.33. The first-order valence-electron chi connectivity index (χ1n) is 8.95. The topological polar surface area (TPSA) is 108 Å². The monoisotopic (exact) mass is 394 g/mol. The van der Waals surface area contributed by atoms with E-state index in [2.05, 4.69) is 15.0 Å². The van der Waals surface area contributed by atoms with Gasteiger partial charge in [0.1, 0.15) is 5.82 Å². The van der Waals surface area contributed by atoms with Gasteiger partial charge in [-0.3, -0.25) is 9.59 Å². The van der Waals surface area contributed by atoms with Crippen LogP contribution in [0.4, 0.5) is 0 Å². The number of amides is 1. The minimum atomic E-state index is -0.797. The number of nitrogens with zero attached hydrogens (tertiary/aromatic N) is 3. The predicted octanol–water partition coefficient (Wildman–Crippen LogP) is 2.44. The first-order valence-corrected chi connectivity index (χ1v) is 8.95. The zero-order chi connectivity index (χ0) is 21.1. The number of aryl methyl sites for hydroxylation is 2. The summed E-state index contributed by atoms with van der Waals surface area (Å²) in [6.07, 6.45) is 1.46. The third kappa shape index (κ3) is 4.26. The van der Waals surface area contributed by atoms with Crippen LogP contribution in [0.1, 0.15) is 27.2 Å². The quantitative estimate of drug-likeness (QED) is 0.688. The number of carbonyl (C=O) groups excluding carboxylic acids is 1. The van der Waals surface area contributed by atoms with Crippen molar-refractivity contribution in [3.63, 3.8) is 0 Å². The SMILES string of the molecule is COc1ccc(-c2nc(C(=O)N(C)Cc3ccc(C)c(C)c3)c(O)c(=O)[nH]2)cn1. The van der Waals surface area contributed by atoms with Crippen molar-refractivity contribution in [1.29, 1.82) is 0 Å². The Bertz CT molecular complexity index is 1110. The van der Waals surface area contributed by atoms with Crippen molar-refractivity contribution in [2.75, 3.05) is 14.2 Å². The second-order valence-corrected chi connectivity index (χ2v) is 6.78. The van der Waals surface area contributed by atoms with Gasteiger partial charge in [0.2, 0.25) is 11.6 Å². The number of rotatable bonds is 5. The molecular weight excluding hydrogens is 372 g/mol. The molecule has 0 unspecified atom stereocenters. The lowest BCUT2D eigenvalue weighted by Gasteiger charge is -2.18. The van der Waals surface area contributed by atoms with Gasteiger partial charge in [0, 0.05) is 31.4 Å². The largest absolute Gasteiger partial charge is 0.501 e. The van der Waals surface area contributed by atoms with Crippen LogP contribution in [0, 0.1) is 13.8 Å². The maximum atomic E-state index is 12.9. The van der Waals surface area contributed by atoms with E-state index < -0.39 is 17.2 Å². The lowest BCUT2D eigenvalue weighted by atomic mass is 10.1. The van der Waals surface area contributed by atoms with Gasteiger partial charge in [-0.1, -0.05) is 18.2 Å². The summed E-state index contributed by atoms with van der Waals surface area (Å²) in [5, 5.41) is 10.1. The van der Waals surface area contributed by atoms with Crippen molar-refractivity contribution in [3.8, 4) is 23.0 Å². The second kappa shape index (κ2) is 8.14. The van der Waals surface area contributed by atoms with E-state index in [1.807, 2.05) is 32.0 Å². The number of aromatic nitrogens is 3. The van der Waals surface area contributed by atoms with Crippen LogP contribution in [-0.4, -0.2) is 45.0 Å². The number of aromatic hydroxyl groups is 1. The number of carbonyl (C=O) groups is 1. The molecule has 3 rings (SSSR count). The molecule has 1 aromatic carbocycles. The van der Waals surface area contributed by atoms with E-state index >= 15 is 0 Å². The molecule has 0 spiro atoms. The number of hydrogen-bond donors (Lipinski definition) is 2. The molecule has 0 aliphatic heterocycles. The van der Waals surface area contributed by atoms with Crippen molar-refractivity contribution in [2.45, 2.75) is 20.4 Å². The Morgan fingerprint density at radius 2 is 1.97 bits per heavy atom. The first kappa shape index (κ1) is 20.1. The van der Waals surface area contributed by atoms with E-state index in [-0.39, 0.29) is 11.5 Å². The average Bonchev–Trinajstić information content (AvgIpc) is 2.72. The van der Waals surface area contributed by atoms with E-state index in [1.54, 1.807) is 19.2 Å². The number of pyridine rings is 1.